The molecule has 4 aliphatic carbocycles. The second kappa shape index (κ2) is 6.35. The Morgan fingerprint density at radius 1 is 1.14 bits per heavy atom. The summed E-state index contributed by atoms with van der Waals surface area (Å²) in [7, 11) is 1.70. The predicted octanol–water partition coefficient (Wildman–Crippen LogP) is 5.51. The normalized spacial score (nSPS) is 36.1. The number of benzene rings is 1. The Bertz CT molecular complexity index is 834. The van der Waals surface area contributed by atoms with Crippen molar-refractivity contribution in [2.45, 2.75) is 64.3 Å². The van der Waals surface area contributed by atoms with Crippen LogP contribution < -0.4 is 10.1 Å². The minimum atomic E-state index is -0.0884. The highest BCUT2D eigenvalue weighted by molar-refractivity contribution is 9.10. The molecule has 0 amide bonds. The molecule has 150 valence electrons. The van der Waals surface area contributed by atoms with Crippen LogP contribution in [0.1, 0.15) is 63.5 Å². The van der Waals surface area contributed by atoms with E-state index in [0.29, 0.717) is 5.78 Å². The molecule has 1 aromatic carbocycles. The Kier molecular flexibility index (Phi) is 4.25. The van der Waals surface area contributed by atoms with Crippen LogP contribution in [0.2, 0.25) is 0 Å². The molecular weight excluding hydrogens is 414 g/mol. The summed E-state index contributed by atoms with van der Waals surface area (Å²) >= 11 is 3.62. The van der Waals surface area contributed by atoms with Crippen molar-refractivity contribution >= 4 is 27.4 Å². The van der Waals surface area contributed by atoms with E-state index in [0.717, 1.165) is 64.9 Å². The number of allylic oxidation sites excluding steroid dienone is 1. The standard InChI is InChI=1S/C24H30BrNO2/c1-23(2)13-17-7-21(28-3)19(25)8-18(17)20(26-23)9-22(27)24-10-14-4-15(11-24)6-16(5-14)12-24/h7-9,14-16,26H,4-6,10-13H2,1-3H3. The van der Waals surface area contributed by atoms with Crippen LogP contribution in [-0.2, 0) is 11.2 Å². The minimum Gasteiger partial charge on any atom is -0.496 e. The van der Waals surface area contributed by atoms with Gasteiger partial charge in [-0.2, -0.15) is 0 Å². The molecule has 1 aromatic rings. The third-order valence-electron chi connectivity index (χ3n) is 7.61. The van der Waals surface area contributed by atoms with Crippen LogP contribution in [-0.4, -0.2) is 18.4 Å². The second-order valence-electron chi connectivity index (χ2n) is 10.4. The molecule has 1 N–H and O–H groups in total. The van der Waals surface area contributed by atoms with Gasteiger partial charge in [0.25, 0.3) is 0 Å². The summed E-state index contributed by atoms with van der Waals surface area (Å²) < 4.78 is 6.44. The number of nitrogens with one attached hydrogen (secondary N) is 1. The number of hydrogen-bond acceptors (Lipinski definition) is 3. The third kappa shape index (κ3) is 3.03. The van der Waals surface area contributed by atoms with E-state index in [2.05, 4.69) is 47.2 Å². The van der Waals surface area contributed by atoms with E-state index in [4.69, 9.17) is 4.74 Å². The van der Waals surface area contributed by atoms with Gasteiger partial charge in [-0.25, -0.2) is 0 Å². The lowest BCUT2D eigenvalue weighted by molar-refractivity contribution is -0.138. The molecule has 4 heteroatoms. The number of carbonyl (C=O) groups excluding carboxylic acids is 1. The fraction of sp³-hybridized carbons (Fsp3) is 0.625. The summed E-state index contributed by atoms with van der Waals surface area (Å²) in [5.41, 5.74) is 3.18. The molecule has 6 rings (SSSR count). The van der Waals surface area contributed by atoms with Crippen LogP contribution in [0, 0.1) is 23.2 Å². The zero-order chi connectivity index (χ0) is 19.7. The Hall–Kier alpha value is -1.29. The first-order valence-electron chi connectivity index (χ1n) is 10.7. The highest BCUT2D eigenvalue weighted by atomic mass is 79.9. The van der Waals surface area contributed by atoms with Gasteiger partial charge in [-0.15, -0.1) is 0 Å². The first-order chi connectivity index (χ1) is 13.3. The van der Waals surface area contributed by atoms with Crippen molar-refractivity contribution in [1.29, 1.82) is 0 Å². The molecule has 0 unspecified atom stereocenters. The number of ether oxygens (including phenoxy) is 1. The topological polar surface area (TPSA) is 38.3 Å². The maximum Gasteiger partial charge on any atom is 0.163 e. The Morgan fingerprint density at radius 3 is 2.32 bits per heavy atom. The molecule has 28 heavy (non-hydrogen) atoms. The van der Waals surface area contributed by atoms with Crippen LogP contribution in [0.15, 0.2) is 22.7 Å². The fourth-order valence-corrected chi connectivity index (χ4v) is 7.42. The van der Waals surface area contributed by atoms with Crippen molar-refractivity contribution in [1.82, 2.24) is 5.32 Å². The quantitative estimate of drug-likeness (QED) is 0.625. The van der Waals surface area contributed by atoms with Crippen molar-refractivity contribution in [2.75, 3.05) is 7.11 Å². The van der Waals surface area contributed by atoms with E-state index in [1.807, 2.05) is 6.08 Å². The highest BCUT2D eigenvalue weighted by Crippen LogP contribution is 2.60. The Labute approximate surface area is 176 Å². The van der Waals surface area contributed by atoms with Gasteiger partial charge in [-0.3, -0.25) is 4.79 Å². The summed E-state index contributed by atoms with van der Waals surface area (Å²) in [6.07, 6.45) is 10.3. The van der Waals surface area contributed by atoms with Crippen LogP contribution in [0.3, 0.4) is 0 Å². The molecule has 0 saturated heterocycles. The van der Waals surface area contributed by atoms with Gasteiger partial charge in [-0.05, 0) is 110 Å². The van der Waals surface area contributed by atoms with Gasteiger partial charge in [-0.1, -0.05) is 0 Å². The Balaban J connectivity index is 1.53. The van der Waals surface area contributed by atoms with E-state index in [1.54, 1.807) is 7.11 Å². The average molecular weight is 444 g/mol. The van der Waals surface area contributed by atoms with Gasteiger partial charge in [0, 0.05) is 28.3 Å². The maximum absolute atomic E-state index is 13.6. The summed E-state index contributed by atoms with van der Waals surface area (Å²) in [5.74, 6) is 3.58. The lowest BCUT2D eigenvalue weighted by Gasteiger charge is -2.55. The first-order valence-corrected chi connectivity index (χ1v) is 11.5. The van der Waals surface area contributed by atoms with Gasteiger partial charge < -0.3 is 10.1 Å². The number of methoxy groups -OCH3 is 1. The number of halogens is 1. The molecule has 1 heterocycles. The molecule has 4 saturated carbocycles. The summed E-state index contributed by atoms with van der Waals surface area (Å²) in [6, 6.07) is 4.22. The van der Waals surface area contributed by atoms with Gasteiger partial charge in [0.15, 0.2) is 5.78 Å². The Morgan fingerprint density at radius 2 is 1.75 bits per heavy atom. The van der Waals surface area contributed by atoms with Gasteiger partial charge >= 0.3 is 0 Å². The van der Waals surface area contributed by atoms with Crippen LogP contribution >= 0.6 is 15.9 Å². The van der Waals surface area contributed by atoms with E-state index in [-0.39, 0.29) is 11.0 Å². The van der Waals surface area contributed by atoms with E-state index >= 15 is 0 Å². The molecule has 0 aromatic heterocycles. The largest absolute Gasteiger partial charge is 0.496 e. The zero-order valence-corrected chi connectivity index (χ0v) is 18.7. The molecule has 4 fully saturated rings. The number of hydrogen-bond donors (Lipinski definition) is 1. The molecular formula is C24H30BrNO2. The number of ketones is 1. The van der Waals surface area contributed by atoms with Crippen molar-refractivity contribution in [2.24, 2.45) is 23.2 Å². The summed E-state index contributed by atoms with van der Waals surface area (Å²) in [5, 5.41) is 3.66. The third-order valence-corrected chi connectivity index (χ3v) is 8.23. The second-order valence-corrected chi connectivity index (χ2v) is 11.3. The van der Waals surface area contributed by atoms with Gasteiger partial charge in [0.1, 0.15) is 5.75 Å². The van der Waals surface area contributed by atoms with Gasteiger partial charge in [0.2, 0.25) is 0 Å². The smallest absolute Gasteiger partial charge is 0.163 e. The minimum absolute atomic E-state index is 0.0839. The molecule has 1 aliphatic heterocycles. The molecule has 4 bridgehead atoms. The first kappa shape index (κ1) is 18.7. The van der Waals surface area contributed by atoms with E-state index < -0.39 is 0 Å². The molecule has 5 aliphatic rings. The molecule has 0 spiro atoms. The van der Waals surface area contributed by atoms with E-state index in [9.17, 15) is 4.79 Å². The molecule has 3 nitrogen and oxygen atoms in total. The lowest BCUT2D eigenvalue weighted by atomic mass is 9.48. The SMILES string of the molecule is COc1cc2c(cc1Br)C(=CC(=O)C13CC4CC(CC(C4)C1)C3)NC(C)(C)C2. The predicted molar refractivity (Wildman–Crippen MR) is 115 cm³/mol. The maximum atomic E-state index is 13.6. The van der Waals surface area contributed by atoms with Crippen LogP contribution in [0.25, 0.3) is 5.70 Å². The zero-order valence-electron chi connectivity index (χ0n) is 17.1. The number of fused-ring (bicyclic) bond motifs is 1. The summed E-state index contributed by atoms with van der Waals surface area (Å²) in [6.45, 7) is 4.40. The van der Waals surface area contributed by atoms with Crippen molar-refractivity contribution in [3.05, 3.63) is 33.8 Å². The molecule has 0 radical (unpaired) electrons. The van der Waals surface area contributed by atoms with Crippen LogP contribution in [0.5, 0.6) is 5.75 Å². The number of rotatable bonds is 3. The lowest BCUT2D eigenvalue weighted by Crippen LogP contribution is -2.50. The van der Waals surface area contributed by atoms with Crippen molar-refractivity contribution < 1.29 is 9.53 Å². The van der Waals surface area contributed by atoms with Crippen molar-refractivity contribution in [3.8, 4) is 5.75 Å². The highest BCUT2D eigenvalue weighted by Gasteiger charge is 2.54. The van der Waals surface area contributed by atoms with Gasteiger partial charge in [0.05, 0.1) is 11.6 Å². The van der Waals surface area contributed by atoms with Crippen LogP contribution in [0.4, 0.5) is 0 Å². The number of carbonyl (C=O) groups is 1. The fourth-order valence-electron chi connectivity index (χ4n) is 6.91. The molecule has 0 atom stereocenters. The van der Waals surface area contributed by atoms with Crippen molar-refractivity contribution in [3.63, 3.8) is 0 Å². The average Bonchev–Trinajstić information content (AvgIpc) is 2.60. The van der Waals surface area contributed by atoms with E-state index in [1.165, 1.54) is 24.8 Å². The summed E-state index contributed by atoms with van der Waals surface area (Å²) in [4.78, 5) is 13.6. The monoisotopic (exact) mass is 443 g/mol.